The zero-order valence-electron chi connectivity index (χ0n) is 18.3. The summed E-state index contributed by atoms with van der Waals surface area (Å²) in [4.78, 5) is 25.8. The van der Waals surface area contributed by atoms with Gasteiger partial charge in [-0.15, -0.1) is 10.2 Å². The van der Waals surface area contributed by atoms with E-state index in [0.717, 1.165) is 49.2 Å². The minimum Gasteiger partial charge on any atom is -0.319 e. The van der Waals surface area contributed by atoms with Gasteiger partial charge in [0.25, 0.3) is 5.91 Å². The summed E-state index contributed by atoms with van der Waals surface area (Å²) in [5, 5.41) is 11.3. The van der Waals surface area contributed by atoms with Crippen molar-refractivity contribution in [2.24, 2.45) is 0 Å². The van der Waals surface area contributed by atoms with Gasteiger partial charge in [0.15, 0.2) is 11.6 Å². The van der Waals surface area contributed by atoms with Crippen LogP contribution in [0.25, 0.3) is 22.5 Å². The maximum atomic E-state index is 14.6. The molecule has 6 rings (SSSR count). The Kier molecular flexibility index (Phi) is 4.83. The number of hydrogen-bond donors (Lipinski definition) is 1. The highest BCUT2D eigenvalue weighted by atomic mass is 19.1. The van der Waals surface area contributed by atoms with Crippen LogP contribution in [0.3, 0.4) is 0 Å². The molecule has 1 aliphatic heterocycles. The lowest BCUT2D eigenvalue weighted by molar-refractivity contribution is 0.102. The fourth-order valence-corrected chi connectivity index (χ4v) is 4.82. The number of halogens is 1. The number of ketones is 1. The fourth-order valence-electron chi connectivity index (χ4n) is 4.82. The summed E-state index contributed by atoms with van der Waals surface area (Å²) >= 11 is 0. The van der Waals surface area contributed by atoms with Crippen molar-refractivity contribution in [3.05, 3.63) is 89.0 Å². The number of carbonyl (C=O) groups excluding carboxylic acids is 2. The van der Waals surface area contributed by atoms with Crippen LogP contribution in [0.1, 0.15) is 51.4 Å². The Labute approximate surface area is 195 Å². The molecule has 2 heterocycles. The number of fused-ring (bicyclic) bond motifs is 4. The van der Waals surface area contributed by atoms with Gasteiger partial charge in [-0.3, -0.25) is 9.59 Å². The third kappa shape index (κ3) is 3.32. The maximum Gasteiger partial charge on any atom is 0.255 e. The normalized spacial score (nSPS) is 14.2. The van der Waals surface area contributed by atoms with E-state index >= 15 is 0 Å². The van der Waals surface area contributed by atoms with E-state index in [4.69, 9.17) is 0 Å². The predicted octanol–water partition coefficient (Wildman–Crippen LogP) is 5.27. The molecule has 34 heavy (non-hydrogen) atoms. The van der Waals surface area contributed by atoms with E-state index in [9.17, 15) is 14.0 Å². The summed E-state index contributed by atoms with van der Waals surface area (Å²) in [6, 6.07) is 16.9. The zero-order valence-corrected chi connectivity index (χ0v) is 18.3. The first-order chi connectivity index (χ1) is 16.6. The Morgan fingerprint density at radius 2 is 1.71 bits per heavy atom. The second kappa shape index (κ2) is 8.02. The minimum absolute atomic E-state index is 0.0589. The highest BCUT2D eigenvalue weighted by Crippen LogP contribution is 2.37. The van der Waals surface area contributed by atoms with Crippen molar-refractivity contribution in [1.29, 1.82) is 0 Å². The molecule has 1 N–H and O–H groups in total. The third-order valence-electron chi connectivity index (χ3n) is 6.57. The van der Waals surface area contributed by atoms with Crippen molar-refractivity contribution >= 4 is 17.4 Å². The molecule has 0 bridgehead atoms. The van der Waals surface area contributed by atoms with Gasteiger partial charge in [-0.25, -0.2) is 4.39 Å². The Morgan fingerprint density at radius 3 is 2.59 bits per heavy atom. The quantitative estimate of drug-likeness (QED) is 0.404. The lowest BCUT2D eigenvalue weighted by Crippen LogP contribution is -2.14. The molecule has 0 unspecified atom stereocenters. The molecule has 4 aromatic rings. The SMILES string of the molecule is O=C(Nc1cc(-c2nnc3n2CCCCC3)ccc1F)c1ccc2c(c1)C(=O)c1ccccc1-2. The van der Waals surface area contributed by atoms with Crippen LogP contribution in [0.15, 0.2) is 60.7 Å². The summed E-state index contributed by atoms with van der Waals surface area (Å²) in [5.74, 6) is 0.473. The van der Waals surface area contributed by atoms with Gasteiger partial charge in [-0.1, -0.05) is 36.8 Å². The molecule has 7 heteroatoms. The van der Waals surface area contributed by atoms with Gasteiger partial charge >= 0.3 is 0 Å². The number of anilines is 1. The topological polar surface area (TPSA) is 76.9 Å². The molecular weight excluding hydrogens is 431 g/mol. The van der Waals surface area contributed by atoms with Crippen LogP contribution in [-0.4, -0.2) is 26.5 Å². The highest BCUT2D eigenvalue weighted by molar-refractivity contribution is 6.22. The average Bonchev–Trinajstić information content (AvgIpc) is 3.29. The second-order valence-corrected chi connectivity index (χ2v) is 8.69. The average molecular weight is 452 g/mol. The number of benzene rings is 3. The zero-order chi connectivity index (χ0) is 23.2. The molecular formula is C27H21FN4O2. The Balaban J connectivity index is 1.30. The number of rotatable bonds is 3. The fraction of sp³-hybridized carbons (Fsp3) is 0.185. The first-order valence-corrected chi connectivity index (χ1v) is 11.4. The van der Waals surface area contributed by atoms with Crippen LogP contribution < -0.4 is 5.32 Å². The lowest BCUT2D eigenvalue weighted by atomic mass is 10.0. The number of hydrogen-bond acceptors (Lipinski definition) is 4. The van der Waals surface area contributed by atoms with Gasteiger partial charge in [-0.05, 0) is 54.3 Å². The van der Waals surface area contributed by atoms with Gasteiger partial charge in [0, 0.05) is 35.2 Å². The number of carbonyl (C=O) groups is 2. The molecule has 0 atom stereocenters. The predicted molar refractivity (Wildman–Crippen MR) is 126 cm³/mol. The molecule has 0 saturated carbocycles. The summed E-state index contributed by atoms with van der Waals surface area (Å²) in [6.45, 7) is 0.822. The summed E-state index contributed by atoms with van der Waals surface area (Å²) in [6.07, 6.45) is 4.14. The van der Waals surface area contributed by atoms with Crippen LogP contribution >= 0.6 is 0 Å². The molecule has 0 radical (unpaired) electrons. The van der Waals surface area contributed by atoms with Crippen LogP contribution in [-0.2, 0) is 13.0 Å². The summed E-state index contributed by atoms with van der Waals surface area (Å²) < 4.78 is 16.7. The van der Waals surface area contributed by atoms with Gasteiger partial charge in [0.1, 0.15) is 11.6 Å². The molecule has 1 aromatic heterocycles. The first-order valence-electron chi connectivity index (χ1n) is 11.4. The van der Waals surface area contributed by atoms with E-state index in [-0.39, 0.29) is 11.5 Å². The van der Waals surface area contributed by atoms with Gasteiger partial charge in [0.2, 0.25) is 0 Å². The van der Waals surface area contributed by atoms with E-state index < -0.39 is 11.7 Å². The number of amides is 1. The van der Waals surface area contributed by atoms with Crippen LogP contribution in [0.2, 0.25) is 0 Å². The molecule has 0 spiro atoms. The van der Waals surface area contributed by atoms with Crippen LogP contribution in [0.5, 0.6) is 0 Å². The van der Waals surface area contributed by atoms with Crippen molar-refractivity contribution in [3.8, 4) is 22.5 Å². The molecule has 1 amide bonds. The van der Waals surface area contributed by atoms with Crippen molar-refractivity contribution < 1.29 is 14.0 Å². The summed E-state index contributed by atoms with van der Waals surface area (Å²) in [5.41, 5.74) is 3.82. The molecule has 6 nitrogen and oxygen atoms in total. The van der Waals surface area contributed by atoms with Crippen LogP contribution in [0, 0.1) is 5.82 Å². The Morgan fingerprint density at radius 1 is 0.882 bits per heavy atom. The smallest absolute Gasteiger partial charge is 0.255 e. The van der Waals surface area contributed by atoms with E-state index in [0.29, 0.717) is 28.1 Å². The van der Waals surface area contributed by atoms with Crippen molar-refractivity contribution in [2.75, 3.05) is 5.32 Å². The van der Waals surface area contributed by atoms with Gasteiger partial charge in [0.05, 0.1) is 5.69 Å². The van der Waals surface area contributed by atoms with E-state index in [2.05, 4.69) is 20.1 Å². The first kappa shape index (κ1) is 20.5. The third-order valence-corrected chi connectivity index (χ3v) is 6.57. The van der Waals surface area contributed by atoms with Gasteiger partial charge in [-0.2, -0.15) is 0 Å². The second-order valence-electron chi connectivity index (χ2n) is 8.69. The van der Waals surface area contributed by atoms with E-state index in [1.54, 1.807) is 36.4 Å². The number of nitrogens with one attached hydrogen (secondary N) is 1. The summed E-state index contributed by atoms with van der Waals surface area (Å²) in [7, 11) is 0. The van der Waals surface area contributed by atoms with Crippen molar-refractivity contribution in [2.45, 2.75) is 32.2 Å². The number of nitrogens with zero attached hydrogens (tertiary/aromatic N) is 3. The molecule has 168 valence electrons. The molecule has 2 aliphatic rings. The Bertz CT molecular complexity index is 1470. The van der Waals surface area contributed by atoms with Crippen molar-refractivity contribution in [1.82, 2.24) is 14.8 Å². The Hall–Kier alpha value is -4.13. The minimum atomic E-state index is -0.544. The number of aryl methyl sites for hydroxylation is 1. The van der Waals surface area contributed by atoms with Crippen LogP contribution in [0.4, 0.5) is 10.1 Å². The maximum absolute atomic E-state index is 14.6. The van der Waals surface area contributed by atoms with E-state index in [1.165, 1.54) is 6.07 Å². The monoisotopic (exact) mass is 452 g/mol. The molecule has 1 aliphatic carbocycles. The van der Waals surface area contributed by atoms with Crippen molar-refractivity contribution in [3.63, 3.8) is 0 Å². The number of aromatic nitrogens is 3. The largest absolute Gasteiger partial charge is 0.319 e. The van der Waals surface area contributed by atoms with Gasteiger partial charge < -0.3 is 9.88 Å². The van der Waals surface area contributed by atoms with E-state index in [1.807, 2.05) is 18.2 Å². The molecule has 0 saturated heterocycles. The molecule has 0 fully saturated rings. The molecule has 3 aromatic carbocycles. The lowest BCUT2D eigenvalue weighted by Gasteiger charge is -2.11. The standard InChI is InChI=1S/C27H21FN4O2/c28-22-12-10-16(26-31-30-24-8-2-1-5-13-32(24)26)15-23(22)29-27(34)17-9-11-19-18-6-3-4-7-20(18)25(33)21(19)14-17/h3-4,6-7,9-12,14-15H,1-2,5,8,13H2,(H,29,34). The highest BCUT2D eigenvalue weighted by Gasteiger charge is 2.27.